The van der Waals surface area contributed by atoms with Crippen LogP contribution in [0.1, 0.15) is 0 Å². The molecule has 0 saturated carbocycles. The third-order valence-electron chi connectivity index (χ3n) is 1.91. The largest absolute Gasteiger partial charge is 0.383 e. The van der Waals surface area contributed by atoms with Gasteiger partial charge in [0.15, 0.2) is 0 Å². The van der Waals surface area contributed by atoms with Gasteiger partial charge in [-0.15, -0.1) is 0 Å². The van der Waals surface area contributed by atoms with Crippen molar-refractivity contribution in [3.05, 3.63) is 60.7 Å². The molecule has 4 nitrogen and oxygen atoms in total. The van der Waals surface area contributed by atoms with E-state index in [1.54, 1.807) is 48.5 Å². The monoisotopic (exact) mass is 248 g/mol. The maximum Gasteiger partial charge on any atom is 0.271 e. The van der Waals surface area contributed by atoms with Gasteiger partial charge in [0.1, 0.15) is 11.5 Å². The highest BCUT2D eigenvalue weighted by atomic mass is 32.2. The molecule has 0 aliphatic carbocycles. The topological polar surface area (TPSA) is 66.2 Å². The Labute approximate surface area is 101 Å². The third kappa shape index (κ3) is 3.49. The first-order valence-corrected chi connectivity index (χ1v) is 6.45. The van der Waals surface area contributed by atoms with Crippen LogP contribution in [0, 0.1) is 9.56 Å². The molecule has 0 fully saturated rings. The van der Waals surface area contributed by atoms with Crippen LogP contribution in [0.25, 0.3) is 0 Å². The Morgan fingerprint density at radius 1 is 0.647 bits per heavy atom. The van der Waals surface area contributed by atoms with Crippen molar-refractivity contribution < 1.29 is 8.37 Å². The molecule has 2 aromatic carbocycles. The predicted octanol–water partition coefficient (Wildman–Crippen LogP) is 3.65. The van der Waals surface area contributed by atoms with Gasteiger partial charge in [0.25, 0.3) is 10.2 Å². The average molecular weight is 248 g/mol. The third-order valence-corrected chi connectivity index (χ3v) is 2.77. The quantitative estimate of drug-likeness (QED) is 0.867. The van der Waals surface area contributed by atoms with Gasteiger partial charge in [0, 0.05) is 0 Å². The Kier molecular flexibility index (Phi) is 3.30. The lowest BCUT2D eigenvalue weighted by Gasteiger charge is -2.13. The molecule has 0 aromatic heterocycles. The van der Waals surface area contributed by atoms with Crippen LogP contribution in [0.5, 0.6) is 11.5 Å². The van der Waals surface area contributed by atoms with E-state index in [0.717, 1.165) is 0 Å². The minimum atomic E-state index is -3.09. The molecule has 0 bridgehead atoms. The Balaban J connectivity index is 2.11. The van der Waals surface area contributed by atoms with E-state index >= 15 is 0 Å². The molecule has 0 aliphatic heterocycles. The molecule has 0 radical (unpaired) electrons. The minimum absolute atomic E-state index is 0.462. The van der Waals surface area contributed by atoms with E-state index in [4.69, 9.17) is 17.9 Å². The van der Waals surface area contributed by atoms with E-state index in [-0.39, 0.29) is 0 Å². The lowest BCUT2D eigenvalue weighted by Crippen LogP contribution is -2.12. The normalized spacial score (nSPS) is 10.8. The number of para-hydroxylation sites is 2. The van der Waals surface area contributed by atoms with Crippen molar-refractivity contribution in [2.24, 2.45) is 0 Å². The first-order valence-electron chi connectivity index (χ1n) is 4.97. The van der Waals surface area contributed by atoms with Crippen LogP contribution < -0.4 is 8.37 Å². The SMILES string of the molecule is N=S(=N)(Oc1ccccc1)Oc1ccccc1. The second-order valence-corrected chi connectivity index (χ2v) is 4.64. The summed E-state index contributed by atoms with van der Waals surface area (Å²) in [6.45, 7) is 0. The van der Waals surface area contributed by atoms with Crippen LogP contribution in [0.2, 0.25) is 0 Å². The van der Waals surface area contributed by atoms with Crippen molar-refractivity contribution in [3.63, 3.8) is 0 Å². The maximum atomic E-state index is 7.71. The molecule has 0 spiro atoms. The molecule has 2 rings (SSSR count). The highest BCUT2D eigenvalue weighted by Crippen LogP contribution is 2.17. The van der Waals surface area contributed by atoms with Gasteiger partial charge in [0.2, 0.25) is 0 Å². The van der Waals surface area contributed by atoms with Gasteiger partial charge in [-0.1, -0.05) is 36.4 Å². The van der Waals surface area contributed by atoms with Crippen molar-refractivity contribution in [2.45, 2.75) is 0 Å². The Hall–Kier alpha value is -2.01. The fraction of sp³-hybridized carbons (Fsp3) is 0. The predicted molar refractivity (Wildman–Crippen MR) is 66.9 cm³/mol. The number of hydrogen-bond donors (Lipinski definition) is 2. The van der Waals surface area contributed by atoms with E-state index in [1.165, 1.54) is 0 Å². The summed E-state index contributed by atoms with van der Waals surface area (Å²) in [4.78, 5) is 0. The Morgan fingerprint density at radius 3 is 1.35 bits per heavy atom. The molecule has 2 N–H and O–H groups in total. The van der Waals surface area contributed by atoms with Crippen molar-refractivity contribution in [1.82, 2.24) is 0 Å². The van der Waals surface area contributed by atoms with E-state index < -0.39 is 10.2 Å². The average Bonchev–Trinajstić information content (AvgIpc) is 2.30. The summed E-state index contributed by atoms with van der Waals surface area (Å²) in [5.74, 6) is 0.923. The number of rotatable bonds is 4. The molecule has 0 unspecified atom stereocenters. The molecule has 88 valence electrons. The first kappa shape index (κ1) is 11.5. The summed E-state index contributed by atoms with van der Waals surface area (Å²) >= 11 is 0. The Bertz CT molecular complexity index is 520. The molecule has 0 atom stereocenters. The van der Waals surface area contributed by atoms with Gasteiger partial charge in [-0.3, -0.25) is 0 Å². The van der Waals surface area contributed by atoms with Crippen LogP contribution in [-0.2, 0) is 10.2 Å². The van der Waals surface area contributed by atoms with Crippen LogP contribution >= 0.6 is 0 Å². The van der Waals surface area contributed by atoms with E-state index in [2.05, 4.69) is 0 Å². The highest BCUT2D eigenvalue weighted by Gasteiger charge is 2.06. The number of nitrogens with one attached hydrogen (secondary N) is 2. The van der Waals surface area contributed by atoms with Gasteiger partial charge in [0.05, 0.1) is 0 Å². The summed E-state index contributed by atoms with van der Waals surface area (Å²) < 4.78 is 25.8. The van der Waals surface area contributed by atoms with Gasteiger partial charge >= 0.3 is 0 Å². The Morgan fingerprint density at radius 2 is 1.00 bits per heavy atom. The zero-order chi connectivity index (χ0) is 12.1. The summed E-state index contributed by atoms with van der Waals surface area (Å²) in [6.07, 6.45) is 0. The van der Waals surface area contributed by atoms with Gasteiger partial charge < -0.3 is 8.37 Å². The smallest absolute Gasteiger partial charge is 0.271 e. The van der Waals surface area contributed by atoms with Gasteiger partial charge in [-0.05, 0) is 24.3 Å². The minimum Gasteiger partial charge on any atom is -0.383 e. The standard InChI is InChI=1S/C12H12N2O2S/c13-17(14,15-11-7-3-1-4-8-11)16-12-9-5-2-6-10-12/h1-10,13-14H. The molecule has 0 heterocycles. The molecule has 0 amide bonds. The van der Waals surface area contributed by atoms with Crippen LogP contribution in [-0.4, -0.2) is 0 Å². The number of hydrogen-bond acceptors (Lipinski definition) is 4. The maximum absolute atomic E-state index is 7.71. The van der Waals surface area contributed by atoms with Crippen molar-refractivity contribution in [2.75, 3.05) is 0 Å². The highest BCUT2D eigenvalue weighted by molar-refractivity contribution is 7.84. The fourth-order valence-corrected chi connectivity index (χ4v) is 2.04. The van der Waals surface area contributed by atoms with E-state index in [0.29, 0.717) is 11.5 Å². The van der Waals surface area contributed by atoms with Gasteiger partial charge in [-0.2, -0.15) is 0 Å². The van der Waals surface area contributed by atoms with E-state index in [1.807, 2.05) is 12.1 Å². The molecule has 5 heteroatoms. The second-order valence-electron chi connectivity index (χ2n) is 3.30. The fourth-order valence-electron chi connectivity index (χ4n) is 1.24. The zero-order valence-corrected chi connectivity index (χ0v) is 9.81. The molecule has 17 heavy (non-hydrogen) atoms. The van der Waals surface area contributed by atoms with Crippen molar-refractivity contribution >= 4 is 10.2 Å². The van der Waals surface area contributed by atoms with Gasteiger partial charge in [-0.25, -0.2) is 9.56 Å². The summed E-state index contributed by atoms with van der Waals surface area (Å²) in [7, 11) is -3.09. The van der Waals surface area contributed by atoms with E-state index in [9.17, 15) is 0 Å². The van der Waals surface area contributed by atoms with Crippen LogP contribution in [0.3, 0.4) is 0 Å². The van der Waals surface area contributed by atoms with Crippen molar-refractivity contribution in [1.29, 1.82) is 9.56 Å². The lowest BCUT2D eigenvalue weighted by molar-refractivity contribution is 0.501. The van der Waals surface area contributed by atoms with Crippen molar-refractivity contribution in [3.8, 4) is 11.5 Å². The lowest BCUT2D eigenvalue weighted by atomic mass is 10.3. The molecular formula is C12H12N2O2S. The second kappa shape index (κ2) is 4.88. The summed E-state index contributed by atoms with van der Waals surface area (Å²) in [5.41, 5.74) is 0. The molecule has 0 aliphatic rings. The summed E-state index contributed by atoms with van der Waals surface area (Å²) in [6, 6.07) is 17.6. The number of benzene rings is 2. The molecular weight excluding hydrogens is 236 g/mol. The zero-order valence-electron chi connectivity index (χ0n) is 9.00. The molecule has 2 aromatic rings. The van der Waals surface area contributed by atoms with Crippen LogP contribution in [0.15, 0.2) is 60.7 Å². The summed E-state index contributed by atoms with van der Waals surface area (Å²) in [5, 5.41) is 0. The first-order chi connectivity index (χ1) is 8.16. The van der Waals surface area contributed by atoms with Crippen LogP contribution in [0.4, 0.5) is 0 Å². The molecule has 0 saturated heterocycles.